The molecule has 7 nitrogen and oxygen atoms in total. The van der Waals surface area contributed by atoms with E-state index in [1.807, 2.05) is 30.3 Å². The first kappa shape index (κ1) is 25.4. The van der Waals surface area contributed by atoms with E-state index in [1.165, 1.54) is 13.2 Å². The lowest BCUT2D eigenvalue weighted by atomic mass is 9.96. The van der Waals surface area contributed by atoms with Crippen molar-refractivity contribution in [2.75, 3.05) is 26.6 Å². The smallest absolute Gasteiger partial charge is 0.306 e. The summed E-state index contributed by atoms with van der Waals surface area (Å²) in [6.07, 6.45) is 0.983. The number of hydrogen-bond acceptors (Lipinski definition) is 7. The van der Waals surface area contributed by atoms with Crippen molar-refractivity contribution < 1.29 is 35.9 Å². The first-order chi connectivity index (χ1) is 18.3. The molecule has 1 aliphatic heterocycles. The molecule has 38 heavy (non-hydrogen) atoms. The number of fused-ring (bicyclic) bond motifs is 1. The molecule has 1 heterocycles. The predicted octanol–water partition coefficient (Wildman–Crippen LogP) is 5.86. The second-order valence-corrected chi connectivity index (χ2v) is 10.2. The number of rotatable bonds is 8. The van der Waals surface area contributed by atoms with Crippen LogP contribution in [0.1, 0.15) is 5.56 Å². The Morgan fingerprint density at radius 3 is 2.18 bits per heavy atom. The van der Waals surface area contributed by atoms with Crippen LogP contribution in [0.15, 0.2) is 78.9 Å². The molecule has 4 aromatic rings. The number of hydrogen-bond donors (Lipinski definition) is 0. The van der Waals surface area contributed by atoms with E-state index in [1.54, 1.807) is 42.5 Å². The molecule has 0 fully saturated rings. The van der Waals surface area contributed by atoms with E-state index in [9.17, 15) is 8.42 Å². The summed E-state index contributed by atoms with van der Waals surface area (Å²) in [5.74, 6) is 1.18. The zero-order valence-electron chi connectivity index (χ0n) is 20.8. The minimum Gasteiger partial charge on any atom is -0.496 e. The molecule has 0 atom stereocenters. The molecule has 0 spiro atoms. The summed E-state index contributed by atoms with van der Waals surface area (Å²) in [5, 5.41) is 0. The van der Waals surface area contributed by atoms with Gasteiger partial charge >= 0.3 is 10.1 Å². The van der Waals surface area contributed by atoms with Crippen LogP contribution in [-0.2, 0) is 16.7 Å². The zero-order chi connectivity index (χ0) is 26.7. The molecule has 0 radical (unpaired) electrons. The average Bonchev–Trinajstić information content (AvgIpc) is 2.91. The molecule has 5 rings (SSSR count). The van der Waals surface area contributed by atoms with Crippen molar-refractivity contribution in [3.05, 3.63) is 90.2 Å². The molecular weight excluding hydrogens is 511 g/mol. The fourth-order valence-corrected chi connectivity index (χ4v) is 4.67. The monoisotopic (exact) mass is 536 g/mol. The minimum atomic E-state index is -3.64. The zero-order valence-corrected chi connectivity index (χ0v) is 21.6. The van der Waals surface area contributed by atoms with Gasteiger partial charge in [0.05, 0.1) is 18.9 Å². The Hall–Kier alpha value is -4.24. The Labute approximate surface area is 220 Å². The van der Waals surface area contributed by atoms with Crippen LogP contribution < -0.4 is 23.1 Å². The predicted molar refractivity (Wildman–Crippen MR) is 141 cm³/mol. The van der Waals surface area contributed by atoms with Gasteiger partial charge in [-0.05, 0) is 47.0 Å². The molecule has 1 aliphatic rings. The number of benzene rings is 4. The van der Waals surface area contributed by atoms with Gasteiger partial charge in [-0.15, -0.1) is 0 Å². The van der Waals surface area contributed by atoms with Crippen molar-refractivity contribution in [3.8, 4) is 51.0 Å². The van der Waals surface area contributed by atoms with Gasteiger partial charge in [-0.1, -0.05) is 48.5 Å². The summed E-state index contributed by atoms with van der Waals surface area (Å²) in [7, 11) is -2.12. The summed E-state index contributed by atoms with van der Waals surface area (Å²) in [6, 6.07) is 22.6. The van der Waals surface area contributed by atoms with E-state index in [0.29, 0.717) is 47.2 Å². The summed E-state index contributed by atoms with van der Waals surface area (Å²) in [5.41, 5.74) is 3.43. The molecule has 0 saturated carbocycles. The lowest BCUT2D eigenvalue weighted by molar-refractivity contribution is 0.172. The van der Waals surface area contributed by atoms with Crippen LogP contribution in [0, 0.1) is 5.82 Å². The van der Waals surface area contributed by atoms with Crippen molar-refractivity contribution >= 4 is 10.1 Å². The number of methoxy groups -OCH3 is 1. The van der Waals surface area contributed by atoms with Crippen molar-refractivity contribution in [2.45, 2.75) is 6.61 Å². The maximum Gasteiger partial charge on any atom is 0.306 e. The highest BCUT2D eigenvalue weighted by Crippen LogP contribution is 2.51. The van der Waals surface area contributed by atoms with Crippen LogP contribution in [0.4, 0.5) is 4.39 Å². The Morgan fingerprint density at radius 1 is 0.842 bits per heavy atom. The summed E-state index contributed by atoms with van der Waals surface area (Å²) in [6.45, 7) is 0.894. The highest BCUT2D eigenvalue weighted by molar-refractivity contribution is 7.86. The fourth-order valence-electron chi connectivity index (χ4n) is 4.21. The van der Waals surface area contributed by atoms with E-state index in [-0.39, 0.29) is 18.1 Å². The molecule has 0 aromatic heterocycles. The molecule has 0 bridgehead atoms. The van der Waals surface area contributed by atoms with Crippen LogP contribution in [0.25, 0.3) is 22.3 Å². The average molecular weight is 537 g/mol. The first-order valence-electron chi connectivity index (χ1n) is 11.8. The third-order valence-electron chi connectivity index (χ3n) is 5.87. The summed E-state index contributed by atoms with van der Waals surface area (Å²) in [4.78, 5) is 0. The van der Waals surface area contributed by atoms with Crippen molar-refractivity contribution in [1.82, 2.24) is 0 Å². The van der Waals surface area contributed by atoms with Crippen LogP contribution in [0.5, 0.6) is 28.7 Å². The summed E-state index contributed by atoms with van der Waals surface area (Å²) < 4.78 is 66.3. The molecule has 0 aliphatic carbocycles. The van der Waals surface area contributed by atoms with Crippen LogP contribution in [-0.4, -0.2) is 35.0 Å². The number of ether oxygens (including phenoxy) is 4. The molecule has 0 unspecified atom stereocenters. The number of halogens is 1. The van der Waals surface area contributed by atoms with Crippen molar-refractivity contribution in [1.29, 1.82) is 0 Å². The third kappa shape index (κ3) is 5.52. The SMILES string of the molecule is COc1cc(-c2ccc(OS(C)(=O)=O)cc2)c2c(c1-c1ccc(OCc3ccccc3)c(F)c1)OCCO2. The van der Waals surface area contributed by atoms with E-state index in [0.717, 1.165) is 17.4 Å². The topological polar surface area (TPSA) is 80.3 Å². The minimum absolute atomic E-state index is 0.135. The van der Waals surface area contributed by atoms with Gasteiger partial charge in [0.2, 0.25) is 0 Å². The molecule has 0 N–H and O–H groups in total. The Balaban J connectivity index is 1.51. The molecule has 0 amide bonds. The van der Waals surface area contributed by atoms with Crippen LogP contribution in [0.2, 0.25) is 0 Å². The van der Waals surface area contributed by atoms with Gasteiger partial charge in [0, 0.05) is 5.56 Å². The third-order valence-corrected chi connectivity index (χ3v) is 6.36. The van der Waals surface area contributed by atoms with Crippen LogP contribution in [0.3, 0.4) is 0 Å². The summed E-state index contributed by atoms with van der Waals surface area (Å²) >= 11 is 0. The quantitative estimate of drug-likeness (QED) is 0.261. The highest BCUT2D eigenvalue weighted by atomic mass is 32.2. The standard InChI is InChI=1S/C29H25FO7S/c1-33-26-17-23(20-8-11-22(12-9-20)37-38(2,31)32)28-29(35-15-14-34-28)27(26)21-10-13-25(24(30)16-21)36-18-19-6-4-3-5-7-19/h3-13,16-17H,14-15,18H2,1-2H3. The second-order valence-electron chi connectivity index (χ2n) is 8.59. The van der Waals surface area contributed by atoms with Gasteiger partial charge in [0.1, 0.15) is 31.3 Å². The maximum absolute atomic E-state index is 15.1. The van der Waals surface area contributed by atoms with Gasteiger partial charge in [-0.25, -0.2) is 4.39 Å². The molecule has 196 valence electrons. The van der Waals surface area contributed by atoms with Gasteiger partial charge < -0.3 is 23.1 Å². The Morgan fingerprint density at radius 2 is 1.53 bits per heavy atom. The van der Waals surface area contributed by atoms with Gasteiger partial charge in [0.15, 0.2) is 23.1 Å². The van der Waals surface area contributed by atoms with Crippen LogP contribution >= 0.6 is 0 Å². The molecule has 9 heteroatoms. The Bertz CT molecular complexity index is 1550. The van der Waals surface area contributed by atoms with E-state index < -0.39 is 15.9 Å². The highest BCUT2D eigenvalue weighted by Gasteiger charge is 2.27. The lowest BCUT2D eigenvalue weighted by Gasteiger charge is -2.26. The normalized spacial score (nSPS) is 12.6. The molecule has 0 saturated heterocycles. The fraction of sp³-hybridized carbons (Fsp3) is 0.172. The van der Waals surface area contributed by atoms with Crippen molar-refractivity contribution in [3.63, 3.8) is 0 Å². The van der Waals surface area contributed by atoms with E-state index >= 15 is 4.39 Å². The maximum atomic E-state index is 15.1. The van der Waals surface area contributed by atoms with Gasteiger partial charge in [-0.2, -0.15) is 8.42 Å². The van der Waals surface area contributed by atoms with E-state index in [4.69, 9.17) is 23.1 Å². The molecule has 4 aromatic carbocycles. The second kappa shape index (κ2) is 10.6. The van der Waals surface area contributed by atoms with Crippen molar-refractivity contribution in [2.24, 2.45) is 0 Å². The lowest BCUT2D eigenvalue weighted by Crippen LogP contribution is -2.17. The largest absolute Gasteiger partial charge is 0.496 e. The van der Waals surface area contributed by atoms with E-state index in [2.05, 4.69) is 0 Å². The first-order valence-corrected chi connectivity index (χ1v) is 13.6. The molecular formula is C29H25FO7S. The Kier molecular flexibility index (Phi) is 7.11. The van der Waals surface area contributed by atoms with Gasteiger partial charge in [0.25, 0.3) is 0 Å². The van der Waals surface area contributed by atoms with Gasteiger partial charge in [-0.3, -0.25) is 0 Å².